The summed E-state index contributed by atoms with van der Waals surface area (Å²) in [6.45, 7) is 6.34. The Balaban J connectivity index is 1.24. The third kappa shape index (κ3) is 7.15. The van der Waals surface area contributed by atoms with Crippen LogP contribution in [0.3, 0.4) is 0 Å². The number of pyridine rings is 2. The van der Waals surface area contributed by atoms with Crippen molar-refractivity contribution in [2.24, 2.45) is 0 Å². The minimum absolute atomic E-state index is 0.148. The van der Waals surface area contributed by atoms with Gasteiger partial charge in [0, 0.05) is 49.0 Å². The lowest BCUT2D eigenvalue weighted by molar-refractivity contribution is 0.0195. The molecule has 3 amide bonds. The maximum absolute atomic E-state index is 16.1. The molecule has 13 heteroatoms. The van der Waals surface area contributed by atoms with Crippen molar-refractivity contribution in [2.75, 3.05) is 18.0 Å². The Morgan fingerprint density at radius 1 is 0.962 bits per heavy atom. The van der Waals surface area contributed by atoms with Crippen molar-refractivity contribution in [1.82, 2.24) is 35.2 Å². The average Bonchev–Trinajstić information content (AvgIpc) is 3.58. The second kappa shape index (κ2) is 14.2. The molecule has 0 aliphatic carbocycles. The van der Waals surface area contributed by atoms with Crippen molar-refractivity contribution in [3.05, 3.63) is 120 Å². The molecular formula is C39H37FN8O4. The highest BCUT2D eigenvalue weighted by atomic mass is 19.1. The van der Waals surface area contributed by atoms with Gasteiger partial charge in [0.2, 0.25) is 0 Å². The van der Waals surface area contributed by atoms with Crippen molar-refractivity contribution in [3.63, 3.8) is 0 Å². The van der Waals surface area contributed by atoms with E-state index in [-0.39, 0.29) is 23.8 Å². The molecule has 0 unspecified atom stereocenters. The van der Waals surface area contributed by atoms with Crippen LogP contribution in [-0.2, 0) is 11.3 Å². The van der Waals surface area contributed by atoms with Crippen LogP contribution in [0.4, 0.5) is 15.0 Å². The summed E-state index contributed by atoms with van der Waals surface area (Å²) in [6.07, 6.45) is 3.76. The molecular weight excluding hydrogens is 663 g/mol. The number of anilines is 1. The monoisotopic (exact) mass is 700 g/mol. The summed E-state index contributed by atoms with van der Waals surface area (Å²) in [5.74, 6) is -1.38. The maximum Gasteiger partial charge on any atom is 0.410 e. The summed E-state index contributed by atoms with van der Waals surface area (Å²) in [7, 11) is 0. The van der Waals surface area contributed by atoms with Crippen LogP contribution in [0, 0.1) is 5.82 Å². The van der Waals surface area contributed by atoms with Crippen molar-refractivity contribution in [2.45, 2.75) is 51.8 Å². The standard InChI is InChI=1S/C39H37FN8O4/c1-39(2,3)52-38(51)46-20-8-11-29(24-46)47(37(50)31-16-14-28(22-32(31)40)48-35-33(44-45-48)12-7-18-41-35)34-30-15-13-27(21-26(30)17-19-42-34)36(49)43-23-25-9-5-4-6-10-25/h4-7,9-10,12-19,21-22,29H,8,11,20,23-24H2,1-3H3,(H,43,49)/t29-/m1/s1. The SMILES string of the molecule is CC(C)(C)OC(=O)N1CCC[C@@H](N(C(=O)c2ccc(-n3nnc4cccnc43)cc2F)c2nccc3cc(C(=O)NCc4ccccc4)ccc23)C1. The number of nitrogens with one attached hydrogen (secondary N) is 1. The van der Waals surface area contributed by atoms with E-state index in [0.717, 1.165) is 5.56 Å². The van der Waals surface area contributed by atoms with E-state index in [1.807, 2.05) is 30.3 Å². The van der Waals surface area contributed by atoms with Gasteiger partial charge >= 0.3 is 6.09 Å². The normalized spacial score (nSPS) is 14.7. The number of carbonyl (C=O) groups excluding carboxylic acids is 3. The van der Waals surface area contributed by atoms with Crippen LogP contribution < -0.4 is 10.2 Å². The van der Waals surface area contributed by atoms with Crippen LogP contribution in [-0.4, -0.2) is 72.5 Å². The molecule has 7 rings (SSSR count). The Morgan fingerprint density at radius 3 is 2.58 bits per heavy atom. The van der Waals surface area contributed by atoms with Crippen LogP contribution in [0.1, 0.15) is 59.9 Å². The third-order valence-electron chi connectivity index (χ3n) is 8.80. The van der Waals surface area contributed by atoms with Gasteiger partial charge in [-0.15, -0.1) is 5.10 Å². The summed E-state index contributed by atoms with van der Waals surface area (Å²) in [6, 6.07) is 23.7. The molecule has 6 aromatic rings. The quantitative estimate of drug-likeness (QED) is 0.200. The van der Waals surface area contributed by atoms with Crippen molar-refractivity contribution in [1.29, 1.82) is 0 Å². The first kappa shape index (κ1) is 34.2. The number of carbonyl (C=O) groups is 3. The van der Waals surface area contributed by atoms with Gasteiger partial charge in [0.15, 0.2) is 5.65 Å². The fourth-order valence-electron chi connectivity index (χ4n) is 6.35. The lowest BCUT2D eigenvalue weighted by atomic mass is 10.0. The number of hydrogen-bond donors (Lipinski definition) is 1. The van der Waals surface area contributed by atoms with Gasteiger partial charge in [-0.1, -0.05) is 35.5 Å². The second-order valence-electron chi connectivity index (χ2n) is 13.6. The van der Waals surface area contributed by atoms with E-state index in [1.54, 1.807) is 80.5 Å². The minimum atomic E-state index is -0.774. The highest BCUT2D eigenvalue weighted by Gasteiger charge is 2.36. The number of ether oxygens (including phenoxy) is 1. The van der Waals surface area contributed by atoms with Crippen LogP contribution in [0.5, 0.6) is 0 Å². The molecule has 1 atom stereocenters. The van der Waals surface area contributed by atoms with E-state index >= 15 is 4.39 Å². The van der Waals surface area contributed by atoms with Gasteiger partial charge in [0.25, 0.3) is 11.8 Å². The number of halogens is 1. The third-order valence-corrected chi connectivity index (χ3v) is 8.80. The first-order valence-electron chi connectivity index (χ1n) is 17.0. The molecule has 0 radical (unpaired) electrons. The molecule has 264 valence electrons. The number of aromatic nitrogens is 5. The molecule has 1 N–H and O–H groups in total. The van der Waals surface area contributed by atoms with E-state index in [4.69, 9.17) is 4.74 Å². The molecule has 12 nitrogen and oxygen atoms in total. The predicted molar refractivity (Wildman–Crippen MR) is 194 cm³/mol. The number of fused-ring (bicyclic) bond motifs is 2. The first-order valence-corrected chi connectivity index (χ1v) is 17.0. The zero-order chi connectivity index (χ0) is 36.4. The maximum atomic E-state index is 16.1. The Bertz CT molecular complexity index is 2290. The summed E-state index contributed by atoms with van der Waals surface area (Å²) in [5.41, 5.74) is 1.83. The van der Waals surface area contributed by atoms with Crippen molar-refractivity contribution < 1.29 is 23.5 Å². The Morgan fingerprint density at radius 2 is 1.79 bits per heavy atom. The van der Waals surface area contributed by atoms with E-state index < -0.39 is 29.5 Å². The molecule has 0 bridgehead atoms. The van der Waals surface area contributed by atoms with E-state index in [2.05, 4.69) is 25.6 Å². The van der Waals surface area contributed by atoms with Crippen LogP contribution >= 0.6 is 0 Å². The highest BCUT2D eigenvalue weighted by molar-refractivity contribution is 6.11. The number of piperidine rings is 1. The molecule has 1 aliphatic heterocycles. The van der Waals surface area contributed by atoms with Gasteiger partial charge < -0.3 is 15.0 Å². The zero-order valence-corrected chi connectivity index (χ0v) is 29.0. The lowest BCUT2D eigenvalue weighted by Gasteiger charge is -2.39. The molecule has 1 saturated heterocycles. The average molecular weight is 701 g/mol. The van der Waals surface area contributed by atoms with Gasteiger partial charge in [-0.2, -0.15) is 4.68 Å². The molecule has 0 spiro atoms. The van der Waals surface area contributed by atoms with Crippen LogP contribution in [0.2, 0.25) is 0 Å². The van der Waals surface area contributed by atoms with Gasteiger partial charge in [-0.3, -0.25) is 14.5 Å². The topological polar surface area (TPSA) is 135 Å². The number of nitrogens with zero attached hydrogens (tertiary/aromatic N) is 7. The molecule has 3 aromatic carbocycles. The molecule has 52 heavy (non-hydrogen) atoms. The van der Waals surface area contributed by atoms with Crippen molar-refractivity contribution in [3.8, 4) is 5.69 Å². The Labute approximate surface area is 299 Å². The van der Waals surface area contributed by atoms with E-state index in [9.17, 15) is 14.4 Å². The first-order chi connectivity index (χ1) is 25.1. The fraction of sp³-hybridized carbons (Fsp3) is 0.256. The van der Waals surface area contributed by atoms with Crippen molar-refractivity contribution >= 4 is 45.7 Å². The number of likely N-dealkylation sites (tertiary alicyclic amines) is 1. The number of benzene rings is 3. The van der Waals surface area contributed by atoms with Gasteiger partial charge in [-0.05, 0) is 93.1 Å². The Hall–Kier alpha value is -6.24. The summed E-state index contributed by atoms with van der Waals surface area (Å²) >= 11 is 0. The number of amides is 3. The van der Waals surface area contributed by atoms with E-state index in [1.165, 1.54) is 21.7 Å². The van der Waals surface area contributed by atoms with Gasteiger partial charge in [0.1, 0.15) is 22.8 Å². The highest BCUT2D eigenvalue weighted by Crippen LogP contribution is 2.32. The van der Waals surface area contributed by atoms with Crippen LogP contribution in [0.15, 0.2) is 97.3 Å². The fourth-order valence-corrected chi connectivity index (χ4v) is 6.35. The molecule has 4 heterocycles. The van der Waals surface area contributed by atoms with E-state index in [0.29, 0.717) is 59.1 Å². The van der Waals surface area contributed by atoms with Gasteiger partial charge in [-0.25, -0.2) is 19.2 Å². The molecule has 1 aliphatic rings. The zero-order valence-electron chi connectivity index (χ0n) is 29.0. The lowest BCUT2D eigenvalue weighted by Crippen LogP contribution is -2.53. The molecule has 0 saturated carbocycles. The second-order valence-corrected chi connectivity index (χ2v) is 13.6. The minimum Gasteiger partial charge on any atom is -0.444 e. The summed E-state index contributed by atoms with van der Waals surface area (Å²) in [5, 5.41) is 12.4. The smallest absolute Gasteiger partial charge is 0.410 e. The number of rotatable bonds is 7. The largest absolute Gasteiger partial charge is 0.444 e. The predicted octanol–water partition coefficient (Wildman–Crippen LogP) is 6.48. The van der Waals surface area contributed by atoms with Crippen LogP contribution in [0.25, 0.3) is 27.6 Å². The summed E-state index contributed by atoms with van der Waals surface area (Å²) < 4.78 is 23.2. The molecule has 1 fully saturated rings. The summed E-state index contributed by atoms with van der Waals surface area (Å²) in [4.78, 5) is 52.9. The van der Waals surface area contributed by atoms with Gasteiger partial charge in [0.05, 0.1) is 17.3 Å². The number of hydrogen-bond acceptors (Lipinski definition) is 8. The Kier molecular flexibility index (Phi) is 9.33. The molecule has 3 aromatic heterocycles.